The maximum Gasteiger partial charge on any atom is 0.255 e. The van der Waals surface area contributed by atoms with E-state index in [-0.39, 0.29) is 10.8 Å². The first kappa shape index (κ1) is 15.2. The zero-order valence-electron chi connectivity index (χ0n) is 11.4. The minimum atomic E-state index is -0.602. The number of aromatic nitrogens is 2. The van der Waals surface area contributed by atoms with Crippen molar-refractivity contribution in [1.29, 1.82) is 0 Å². The van der Waals surface area contributed by atoms with Crippen molar-refractivity contribution in [2.24, 2.45) is 0 Å². The van der Waals surface area contributed by atoms with Gasteiger partial charge in [-0.1, -0.05) is 18.5 Å². The van der Waals surface area contributed by atoms with Crippen molar-refractivity contribution in [3.05, 3.63) is 47.1 Å². The quantitative estimate of drug-likeness (QED) is 0.831. The van der Waals surface area contributed by atoms with E-state index in [2.05, 4.69) is 20.6 Å². The van der Waals surface area contributed by atoms with Crippen molar-refractivity contribution in [3.63, 3.8) is 0 Å². The van der Waals surface area contributed by atoms with Crippen molar-refractivity contribution in [1.82, 2.24) is 9.97 Å². The number of hydrogen-bond donors (Lipinski definition) is 2. The van der Waals surface area contributed by atoms with Crippen LogP contribution < -0.4 is 10.6 Å². The van der Waals surface area contributed by atoms with E-state index in [0.29, 0.717) is 17.9 Å². The van der Waals surface area contributed by atoms with Gasteiger partial charge in [0, 0.05) is 18.3 Å². The van der Waals surface area contributed by atoms with Gasteiger partial charge in [0.1, 0.15) is 11.0 Å². The van der Waals surface area contributed by atoms with Gasteiger partial charge in [-0.2, -0.15) is 0 Å². The van der Waals surface area contributed by atoms with E-state index in [4.69, 9.17) is 11.6 Å². The fourth-order valence-electron chi connectivity index (χ4n) is 1.64. The zero-order valence-corrected chi connectivity index (χ0v) is 12.1. The predicted molar refractivity (Wildman–Crippen MR) is 80.2 cm³/mol. The highest BCUT2D eigenvalue weighted by molar-refractivity contribution is 6.30. The number of carbonyl (C=O) groups excluding carboxylic acids is 1. The summed E-state index contributed by atoms with van der Waals surface area (Å²) in [7, 11) is 0. The molecule has 0 fully saturated rings. The van der Waals surface area contributed by atoms with Crippen LogP contribution in [-0.2, 0) is 0 Å². The summed E-state index contributed by atoms with van der Waals surface area (Å²) in [5.41, 5.74) is 0.357. The molecule has 1 amide bonds. The number of anilines is 2. The molecule has 2 heterocycles. The van der Waals surface area contributed by atoms with E-state index in [1.54, 1.807) is 6.07 Å². The molecule has 0 spiro atoms. The molecule has 0 atom stereocenters. The van der Waals surface area contributed by atoms with Gasteiger partial charge >= 0.3 is 0 Å². The molecule has 2 N–H and O–H groups in total. The molecule has 0 bridgehead atoms. The summed E-state index contributed by atoms with van der Waals surface area (Å²) in [6, 6.07) is 4.37. The molecule has 0 aliphatic carbocycles. The summed E-state index contributed by atoms with van der Waals surface area (Å²) >= 11 is 5.89. The largest absolute Gasteiger partial charge is 0.370 e. The van der Waals surface area contributed by atoms with E-state index in [1.165, 1.54) is 18.3 Å². The average Bonchev–Trinajstić information content (AvgIpc) is 2.47. The SMILES string of the molecule is CCCNc1cc(C(=O)Nc2ccncc2F)cc(Cl)n1. The van der Waals surface area contributed by atoms with Crippen molar-refractivity contribution in [2.45, 2.75) is 13.3 Å². The number of carbonyl (C=O) groups is 1. The van der Waals surface area contributed by atoms with Crippen molar-refractivity contribution in [2.75, 3.05) is 17.2 Å². The van der Waals surface area contributed by atoms with Gasteiger partial charge in [0.15, 0.2) is 5.82 Å². The van der Waals surface area contributed by atoms with Gasteiger partial charge in [0.2, 0.25) is 0 Å². The summed E-state index contributed by atoms with van der Waals surface area (Å²) in [5, 5.41) is 5.71. The Morgan fingerprint density at radius 1 is 1.43 bits per heavy atom. The molecule has 0 aliphatic heterocycles. The van der Waals surface area contributed by atoms with Gasteiger partial charge in [0.05, 0.1) is 11.9 Å². The molecule has 21 heavy (non-hydrogen) atoms. The van der Waals surface area contributed by atoms with E-state index in [1.807, 2.05) is 6.92 Å². The van der Waals surface area contributed by atoms with Crippen molar-refractivity contribution < 1.29 is 9.18 Å². The van der Waals surface area contributed by atoms with Crippen LogP contribution >= 0.6 is 11.6 Å². The molecule has 0 saturated heterocycles. The highest BCUT2D eigenvalue weighted by Gasteiger charge is 2.11. The maximum atomic E-state index is 13.5. The van der Waals surface area contributed by atoms with E-state index in [0.717, 1.165) is 12.6 Å². The van der Waals surface area contributed by atoms with Gasteiger partial charge in [-0.05, 0) is 24.6 Å². The molecule has 0 aliphatic rings. The molecule has 2 aromatic rings. The van der Waals surface area contributed by atoms with Crippen LogP contribution in [0.2, 0.25) is 5.15 Å². The first-order valence-electron chi connectivity index (χ1n) is 6.42. The number of pyridine rings is 2. The minimum absolute atomic E-state index is 0.0611. The summed E-state index contributed by atoms with van der Waals surface area (Å²) in [6.45, 7) is 2.73. The van der Waals surface area contributed by atoms with Gasteiger partial charge in [-0.3, -0.25) is 9.78 Å². The Morgan fingerprint density at radius 2 is 2.24 bits per heavy atom. The zero-order chi connectivity index (χ0) is 15.2. The van der Waals surface area contributed by atoms with Crippen LogP contribution in [0.15, 0.2) is 30.6 Å². The first-order chi connectivity index (χ1) is 10.1. The monoisotopic (exact) mass is 308 g/mol. The number of hydrogen-bond acceptors (Lipinski definition) is 4. The Hall–Kier alpha value is -2.21. The first-order valence-corrected chi connectivity index (χ1v) is 6.80. The van der Waals surface area contributed by atoms with Crippen LogP contribution in [0.3, 0.4) is 0 Å². The van der Waals surface area contributed by atoms with Gasteiger partial charge < -0.3 is 10.6 Å². The van der Waals surface area contributed by atoms with Gasteiger partial charge in [-0.25, -0.2) is 9.37 Å². The van der Waals surface area contributed by atoms with Crippen LogP contribution in [0.25, 0.3) is 0 Å². The second kappa shape index (κ2) is 6.99. The highest BCUT2D eigenvalue weighted by atomic mass is 35.5. The van der Waals surface area contributed by atoms with Crippen LogP contribution in [-0.4, -0.2) is 22.4 Å². The number of amides is 1. The van der Waals surface area contributed by atoms with Crippen LogP contribution in [0.1, 0.15) is 23.7 Å². The molecule has 5 nitrogen and oxygen atoms in total. The standard InChI is InChI=1S/C14H14ClFN4O/c1-2-4-18-13-7-9(6-12(15)20-13)14(21)19-11-3-5-17-8-10(11)16/h3,5-8H,2,4H2,1H3,(H,18,20)(H,17,19,21). The van der Waals surface area contributed by atoms with Crippen LogP contribution in [0.5, 0.6) is 0 Å². The fraction of sp³-hybridized carbons (Fsp3) is 0.214. The Labute approximate surface area is 126 Å². The second-order valence-corrected chi connectivity index (χ2v) is 4.69. The normalized spacial score (nSPS) is 10.2. The summed E-state index contributed by atoms with van der Waals surface area (Å²) in [6.07, 6.45) is 3.34. The van der Waals surface area contributed by atoms with E-state index >= 15 is 0 Å². The molecule has 7 heteroatoms. The van der Waals surface area contributed by atoms with Crippen molar-refractivity contribution >= 4 is 29.0 Å². The number of halogens is 2. The number of rotatable bonds is 5. The highest BCUT2D eigenvalue weighted by Crippen LogP contribution is 2.17. The lowest BCUT2D eigenvalue weighted by Crippen LogP contribution is -2.14. The van der Waals surface area contributed by atoms with Gasteiger partial charge in [0.25, 0.3) is 5.91 Å². The van der Waals surface area contributed by atoms with Crippen LogP contribution in [0.4, 0.5) is 15.9 Å². The van der Waals surface area contributed by atoms with E-state index in [9.17, 15) is 9.18 Å². The molecular formula is C14H14ClFN4O. The molecule has 2 rings (SSSR count). The molecule has 2 aromatic heterocycles. The second-order valence-electron chi connectivity index (χ2n) is 4.30. The summed E-state index contributed by atoms with van der Waals surface area (Å²) in [4.78, 5) is 19.8. The fourth-order valence-corrected chi connectivity index (χ4v) is 1.85. The third-order valence-corrected chi connectivity index (χ3v) is 2.83. The summed E-state index contributed by atoms with van der Waals surface area (Å²) < 4.78 is 13.5. The topological polar surface area (TPSA) is 66.9 Å². The smallest absolute Gasteiger partial charge is 0.255 e. The lowest BCUT2D eigenvalue weighted by atomic mass is 10.2. The number of nitrogens with zero attached hydrogens (tertiary/aromatic N) is 2. The lowest BCUT2D eigenvalue weighted by Gasteiger charge is -2.09. The minimum Gasteiger partial charge on any atom is -0.370 e. The van der Waals surface area contributed by atoms with Crippen LogP contribution in [0, 0.1) is 5.82 Å². The lowest BCUT2D eigenvalue weighted by molar-refractivity contribution is 0.102. The molecule has 110 valence electrons. The average molecular weight is 309 g/mol. The number of nitrogens with one attached hydrogen (secondary N) is 2. The summed E-state index contributed by atoms with van der Waals surface area (Å²) in [5.74, 6) is -0.566. The van der Waals surface area contributed by atoms with Gasteiger partial charge in [-0.15, -0.1) is 0 Å². The molecule has 0 aromatic carbocycles. The Balaban J connectivity index is 2.19. The Kier molecular flexibility index (Phi) is 5.05. The molecular weight excluding hydrogens is 295 g/mol. The molecule has 0 radical (unpaired) electrons. The van der Waals surface area contributed by atoms with Crippen molar-refractivity contribution in [3.8, 4) is 0 Å². The molecule has 0 saturated carbocycles. The third-order valence-electron chi connectivity index (χ3n) is 2.63. The molecule has 0 unspecified atom stereocenters. The third kappa shape index (κ3) is 4.13. The van der Waals surface area contributed by atoms with E-state index < -0.39 is 11.7 Å². The Morgan fingerprint density at radius 3 is 2.95 bits per heavy atom. The Bertz CT molecular complexity index is 651. The maximum absolute atomic E-state index is 13.5. The predicted octanol–water partition coefficient (Wildman–Crippen LogP) is 3.34.